The molecule has 2 aromatic heterocycles. The van der Waals surface area contributed by atoms with Crippen LogP contribution in [0.1, 0.15) is 10.6 Å². The van der Waals surface area contributed by atoms with Gasteiger partial charge in [0, 0.05) is 11.3 Å². The number of nitrogen functional groups attached to an aromatic ring is 1. The first kappa shape index (κ1) is 12.1. The minimum absolute atomic E-state index is 0.212. The molecule has 17 heavy (non-hydrogen) atoms. The summed E-state index contributed by atoms with van der Waals surface area (Å²) in [6, 6.07) is 0. The van der Waals surface area contributed by atoms with Crippen LogP contribution in [0.2, 0.25) is 5.15 Å². The monoisotopic (exact) mass is 270 g/mol. The van der Waals surface area contributed by atoms with E-state index in [0.717, 1.165) is 12.1 Å². The highest BCUT2D eigenvalue weighted by atomic mass is 35.5. The van der Waals surface area contributed by atoms with E-state index in [4.69, 9.17) is 22.1 Å². The summed E-state index contributed by atoms with van der Waals surface area (Å²) in [4.78, 5) is 13.0. The average molecular weight is 271 g/mol. The van der Waals surface area contributed by atoms with Gasteiger partial charge in [-0.1, -0.05) is 11.6 Å². The fourth-order valence-electron chi connectivity index (χ4n) is 1.28. The summed E-state index contributed by atoms with van der Waals surface area (Å²) < 4.78 is 5.46. The van der Waals surface area contributed by atoms with Gasteiger partial charge in [-0.3, -0.25) is 0 Å². The molecular formula is C10H11ClN4OS. The Balaban J connectivity index is 1.95. The fraction of sp³-hybridized carbons (Fsp3) is 0.300. The molecule has 0 amide bonds. The van der Waals surface area contributed by atoms with Crippen LogP contribution in [-0.4, -0.2) is 21.6 Å². The van der Waals surface area contributed by atoms with E-state index in [0.29, 0.717) is 12.5 Å². The van der Waals surface area contributed by atoms with Crippen molar-refractivity contribution in [2.75, 3.05) is 12.3 Å². The standard InChI is InChI=1S/C10H11ClN4OS/c1-6-7(17-5-15-6)2-3-16-10-8(12)9(11)13-4-14-10/h4-5H,2-3,12H2,1H3. The van der Waals surface area contributed by atoms with Crippen LogP contribution in [0.15, 0.2) is 11.8 Å². The van der Waals surface area contributed by atoms with Gasteiger partial charge in [-0.2, -0.15) is 4.98 Å². The number of rotatable bonds is 4. The maximum Gasteiger partial charge on any atom is 0.241 e. The maximum absolute atomic E-state index is 5.75. The molecule has 90 valence electrons. The molecule has 0 bridgehead atoms. The van der Waals surface area contributed by atoms with Gasteiger partial charge in [0.05, 0.1) is 17.8 Å². The molecular weight excluding hydrogens is 260 g/mol. The highest BCUT2D eigenvalue weighted by Crippen LogP contribution is 2.24. The van der Waals surface area contributed by atoms with Crippen LogP contribution >= 0.6 is 22.9 Å². The molecule has 0 unspecified atom stereocenters. The molecule has 0 atom stereocenters. The summed E-state index contributed by atoms with van der Waals surface area (Å²) in [5.74, 6) is 0.326. The number of thiazole rings is 1. The molecule has 2 N–H and O–H groups in total. The van der Waals surface area contributed by atoms with Crippen molar-refractivity contribution in [3.63, 3.8) is 0 Å². The van der Waals surface area contributed by atoms with Gasteiger partial charge in [0.25, 0.3) is 0 Å². The number of nitrogens with zero attached hydrogens (tertiary/aromatic N) is 3. The van der Waals surface area contributed by atoms with Gasteiger partial charge in [0.1, 0.15) is 12.0 Å². The summed E-state index contributed by atoms with van der Waals surface area (Å²) in [5.41, 5.74) is 8.81. The number of halogens is 1. The van der Waals surface area contributed by atoms with E-state index in [9.17, 15) is 0 Å². The highest BCUT2D eigenvalue weighted by molar-refractivity contribution is 7.09. The number of aromatic nitrogens is 3. The van der Waals surface area contributed by atoms with E-state index in [-0.39, 0.29) is 10.8 Å². The smallest absolute Gasteiger partial charge is 0.241 e. The van der Waals surface area contributed by atoms with Crippen LogP contribution in [0, 0.1) is 6.92 Å². The molecule has 0 aliphatic carbocycles. The summed E-state index contributed by atoms with van der Waals surface area (Å²) in [5, 5.41) is 0.212. The Morgan fingerprint density at radius 2 is 2.24 bits per heavy atom. The number of hydrogen-bond donors (Lipinski definition) is 1. The molecule has 0 fully saturated rings. The molecule has 0 spiro atoms. The van der Waals surface area contributed by atoms with Gasteiger partial charge in [-0.15, -0.1) is 11.3 Å². The second-order valence-electron chi connectivity index (χ2n) is 3.34. The van der Waals surface area contributed by atoms with E-state index in [2.05, 4.69) is 15.0 Å². The number of ether oxygens (including phenoxy) is 1. The molecule has 2 aromatic rings. The Morgan fingerprint density at radius 3 is 2.94 bits per heavy atom. The number of aryl methyl sites for hydroxylation is 1. The van der Waals surface area contributed by atoms with Gasteiger partial charge in [0.15, 0.2) is 5.15 Å². The largest absolute Gasteiger partial charge is 0.476 e. The summed E-state index contributed by atoms with van der Waals surface area (Å²) >= 11 is 7.36. The zero-order valence-electron chi connectivity index (χ0n) is 9.18. The quantitative estimate of drug-likeness (QED) is 0.861. The average Bonchev–Trinajstić information content (AvgIpc) is 2.71. The lowest BCUT2D eigenvalue weighted by atomic mass is 10.3. The van der Waals surface area contributed by atoms with Gasteiger partial charge in [0.2, 0.25) is 5.88 Å². The summed E-state index contributed by atoms with van der Waals surface area (Å²) in [7, 11) is 0. The predicted octanol–water partition coefficient (Wildman–Crippen LogP) is 2.10. The van der Waals surface area contributed by atoms with Crippen molar-refractivity contribution in [2.45, 2.75) is 13.3 Å². The van der Waals surface area contributed by atoms with E-state index in [1.54, 1.807) is 11.3 Å². The van der Waals surface area contributed by atoms with Crippen molar-refractivity contribution in [3.8, 4) is 5.88 Å². The topological polar surface area (TPSA) is 73.9 Å². The molecule has 0 radical (unpaired) electrons. The molecule has 2 heterocycles. The number of anilines is 1. The zero-order valence-corrected chi connectivity index (χ0v) is 10.8. The normalized spacial score (nSPS) is 10.5. The van der Waals surface area contributed by atoms with Crippen molar-refractivity contribution < 1.29 is 4.74 Å². The zero-order chi connectivity index (χ0) is 12.3. The highest BCUT2D eigenvalue weighted by Gasteiger charge is 2.08. The SMILES string of the molecule is Cc1ncsc1CCOc1ncnc(Cl)c1N. The van der Waals surface area contributed by atoms with Gasteiger partial charge >= 0.3 is 0 Å². The summed E-state index contributed by atoms with van der Waals surface area (Å²) in [6.45, 7) is 2.46. The third-order valence-electron chi connectivity index (χ3n) is 2.21. The molecule has 5 nitrogen and oxygen atoms in total. The lowest BCUT2D eigenvalue weighted by molar-refractivity contribution is 0.311. The lowest BCUT2D eigenvalue weighted by Crippen LogP contribution is -2.05. The first-order chi connectivity index (χ1) is 8.18. The van der Waals surface area contributed by atoms with Crippen molar-refractivity contribution in [1.29, 1.82) is 0 Å². The molecule has 0 aliphatic rings. The predicted molar refractivity (Wildman–Crippen MR) is 67.5 cm³/mol. The van der Waals surface area contributed by atoms with E-state index < -0.39 is 0 Å². The number of nitrogens with two attached hydrogens (primary N) is 1. The van der Waals surface area contributed by atoms with E-state index in [1.807, 2.05) is 12.4 Å². The first-order valence-corrected chi connectivity index (χ1v) is 6.22. The molecule has 0 aromatic carbocycles. The fourth-order valence-corrected chi connectivity index (χ4v) is 2.17. The van der Waals surface area contributed by atoms with E-state index >= 15 is 0 Å². The van der Waals surface area contributed by atoms with Crippen molar-refractivity contribution in [2.24, 2.45) is 0 Å². The molecule has 0 saturated carbocycles. The van der Waals surface area contributed by atoms with E-state index in [1.165, 1.54) is 11.2 Å². The van der Waals surface area contributed by atoms with Crippen molar-refractivity contribution in [3.05, 3.63) is 27.6 Å². The minimum Gasteiger partial charge on any atom is -0.476 e. The Hall–Kier alpha value is -1.40. The third kappa shape index (κ3) is 2.83. The van der Waals surface area contributed by atoms with Crippen molar-refractivity contribution >= 4 is 28.6 Å². The van der Waals surface area contributed by atoms with Crippen LogP contribution in [0.3, 0.4) is 0 Å². The Bertz CT molecular complexity index is 517. The summed E-state index contributed by atoms with van der Waals surface area (Å²) in [6.07, 6.45) is 2.10. The van der Waals surface area contributed by atoms with Crippen molar-refractivity contribution in [1.82, 2.24) is 15.0 Å². The van der Waals surface area contributed by atoms with Crippen LogP contribution < -0.4 is 10.5 Å². The number of hydrogen-bond acceptors (Lipinski definition) is 6. The molecule has 0 saturated heterocycles. The maximum atomic E-state index is 5.75. The van der Waals surface area contributed by atoms with Gasteiger partial charge in [-0.05, 0) is 6.92 Å². The van der Waals surface area contributed by atoms with Crippen LogP contribution in [0.25, 0.3) is 0 Å². The Kier molecular flexibility index (Phi) is 3.75. The molecule has 2 rings (SSSR count). The molecule has 0 aliphatic heterocycles. The third-order valence-corrected chi connectivity index (χ3v) is 3.51. The minimum atomic E-state index is 0.212. The van der Waals surface area contributed by atoms with Crippen LogP contribution in [0.4, 0.5) is 5.69 Å². The van der Waals surface area contributed by atoms with Gasteiger partial charge in [-0.25, -0.2) is 9.97 Å². The molecule has 7 heteroatoms. The second-order valence-corrected chi connectivity index (χ2v) is 4.64. The second kappa shape index (κ2) is 5.29. The lowest BCUT2D eigenvalue weighted by Gasteiger charge is -2.07. The first-order valence-electron chi connectivity index (χ1n) is 4.96. The Labute approximate surface area is 108 Å². The van der Waals surface area contributed by atoms with Crippen LogP contribution in [0.5, 0.6) is 5.88 Å². The van der Waals surface area contributed by atoms with Gasteiger partial charge < -0.3 is 10.5 Å². The Morgan fingerprint density at radius 1 is 1.41 bits per heavy atom. The van der Waals surface area contributed by atoms with Crippen LogP contribution in [-0.2, 0) is 6.42 Å².